The maximum Gasteiger partial charge on any atom is 0.573 e. The lowest BCUT2D eigenvalue weighted by Gasteiger charge is -2.15. The molecule has 0 aromatic heterocycles. The Morgan fingerprint density at radius 2 is 2.00 bits per heavy atom. The van der Waals surface area contributed by atoms with Crippen LogP contribution >= 0.6 is 0 Å². The number of carbonyl (C=O) groups excluding carboxylic acids is 1. The molecule has 0 fully saturated rings. The standard InChI is InChI=1S/C13H16F3NO3/c1-3-4-5-8-6-9(20-13(14,15)16)7-10(12(17)18)11(8)19-2/h6-7H,3-5H2,1-2H3,(H2,17,18). The highest BCUT2D eigenvalue weighted by Gasteiger charge is 2.32. The molecular weight excluding hydrogens is 275 g/mol. The fourth-order valence-corrected chi connectivity index (χ4v) is 1.83. The van der Waals surface area contributed by atoms with E-state index in [2.05, 4.69) is 4.74 Å². The number of unbranched alkanes of at least 4 members (excludes halogenated alkanes) is 1. The molecule has 0 aliphatic rings. The first-order valence-corrected chi connectivity index (χ1v) is 6.05. The van der Waals surface area contributed by atoms with Crippen molar-refractivity contribution in [1.82, 2.24) is 0 Å². The van der Waals surface area contributed by atoms with Crippen LogP contribution in [0, 0.1) is 0 Å². The Labute approximate surface area is 114 Å². The number of methoxy groups -OCH3 is 1. The van der Waals surface area contributed by atoms with Crippen molar-refractivity contribution in [2.24, 2.45) is 5.73 Å². The third-order valence-electron chi connectivity index (χ3n) is 2.64. The highest BCUT2D eigenvalue weighted by Crippen LogP contribution is 2.33. The monoisotopic (exact) mass is 291 g/mol. The van der Waals surface area contributed by atoms with Gasteiger partial charge in [0.05, 0.1) is 12.7 Å². The summed E-state index contributed by atoms with van der Waals surface area (Å²) < 4.78 is 45.7. The van der Waals surface area contributed by atoms with E-state index in [1.807, 2.05) is 6.92 Å². The minimum atomic E-state index is -4.83. The molecular formula is C13H16F3NO3. The Balaban J connectivity index is 3.27. The molecule has 0 saturated heterocycles. The quantitative estimate of drug-likeness (QED) is 0.876. The van der Waals surface area contributed by atoms with Crippen LogP contribution in [0.15, 0.2) is 12.1 Å². The van der Waals surface area contributed by atoms with Crippen molar-refractivity contribution in [3.63, 3.8) is 0 Å². The summed E-state index contributed by atoms with van der Waals surface area (Å²) in [7, 11) is 1.33. The van der Waals surface area contributed by atoms with Gasteiger partial charge in [0.2, 0.25) is 0 Å². The molecule has 0 saturated carbocycles. The molecule has 4 nitrogen and oxygen atoms in total. The summed E-state index contributed by atoms with van der Waals surface area (Å²) in [5.74, 6) is -1.15. The number of hydrogen-bond acceptors (Lipinski definition) is 3. The van der Waals surface area contributed by atoms with E-state index >= 15 is 0 Å². The summed E-state index contributed by atoms with van der Waals surface area (Å²) >= 11 is 0. The van der Waals surface area contributed by atoms with E-state index in [4.69, 9.17) is 10.5 Å². The highest BCUT2D eigenvalue weighted by atomic mass is 19.4. The van der Waals surface area contributed by atoms with Crippen molar-refractivity contribution >= 4 is 5.91 Å². The Kier molecular flexibility index (Phi) is 5.24. The van der Waals surface area contributed by atoms with Crippen molar-refractivity contribution in [1.29, 1.82) is 0 Å². The number of primary amides is 1. The fraction of sp³-hybridized carbons (Fsp3) is 0.462. The second-order valence-electron chi connectivity index (χ2n) is 4.18. The number of ether oxygens (including phenoxy) is 2. The second-order valence-corrected chi connectivity index (χ2v) is 4.18. The number of halogens is 3. The summed E-state index contributed by atoms with van der Waals surface area (Å²) in [4.78, 5) is 11.3. The zero-order valence-electron chi connectivity index (χ0n) is 11.2. The zero-order chi connectivity index (χ0) is 15.3. The number of aryl methyl sites for hydroxylation is 1. The molecule has 1 rings (SSSR count). The molecule has 0 aliphatic heterocycles. The number of benzene rings is 1. The van der Waals surface area contributed by atoms with Crippen LogP contribution in [0.3, 0.4) is 0 Å². The van der Waals surface area contributed by atoms with Crippen LogP contribution in [0.5, 0.6) is 11.5 Å². The molecule has 0 atom stereocenters. The van der Waals surface area contributed by atoms with Gasteiger partial charge in [0.25, 0.3) is 5.91 Å². The topological polar surface area (TPSA) is 61.5 Å². The van der Waals surface area contributed by atoms with Crippen LogP contribution in [0.25, 0.3) is 0 Å². The summed E-state index contributed by atoms with van der Waals surface area (Å²) in [5, 5.41) is 0. The minimum absolute atomic E-state index is 0.125. The molecule has 0 bridgehead atoms. The van der Waals surface area contributed by atoms with Gasteiger partial charge in [0.1, 0.15) is 11.5 Å². The molecule has 1 amide bonds. The van der Waals surface area contributed by atoms with Crippen LogP contribution < -0.4 is 15.2 Å². The van der Waals surface area contributed by atoms with E-state index < -0.39 is 18.0 Å². The number of carbonyl (C=O) groups is 1. The maximum atomic E-state index is 12.3. The van der Waals surface area contributed by atoms with E-state index in [0.717, 1.165) is 18.9 Å². The number of rotatable bonds is 6. The van der Waals surface area contributed by atoms with Crippen LogP contribution in [-0.2, 0) is 6.42 Å². The van der Waals surface area contributed by atoms with Crippen LogP contribution in [-0.4, -0.2) is 19.4 Å². The van der Waals surface area contributed by atoms with E-state index in [1.54, 1.807) is 0 Å². The van der Waals surface area contributed by atoms with Gasteiger partial charge in [-0.3, -0.25) is 4.79 Å². The summed E-state index contributed by atoms with van der Waals surface area (Å²) in [5.41, 5.74) is 5.50. The molecule has 112 valence electrons. The molecule has 0 heterocycles. The normalized spacial score (nSPS) is 11.2. The smallest absolute Gasteiger partial charge is 0.496 e. The number of nitrogens with two attached hydrogens (primary N) is 1. The van der Waals surface area contributed by atoms with Gasteiger partial charge in [-0.15, -0.1) is 13.2 Å². The Morgan fingerprint density at radius 3 is 2.45 bits per heavy atom. The van der Waals surface area contributed by atoms with Gasteiger partial charge in [0, 0.05) is 0 Å². The number of amides is 1. The predicted octanol–water partition coefficient (Wildman–Crippen LogP) is 3.04. The first-order chi connectivity index (χ1) is 9.28. The van der Waals surface area contributed by atoms with Gasteiger partial charge in [-0.2, -0.15) is 0 Å². The Bertz CT molecular complexity index is 486. The minimum Gasteiger partial charge on any atom is -0.496 e. The van der Waals surface area contributed by atoms with Gasteiger partial charge in [-0.25, -0.2) is 0 Å². The van der Waals surface area contributed by atoms with E-state index in [9.17, 15) is 18.0 Å². The van der Waals surface area contributed by atoms with Gasteiger partial charge < -0.3 is 15.2 Å². The first kappa shape index (κ1) is 16.1. The molecule has 0 radical (unpaired) electrons. The molecule has 1 aromatic carbocycles. The molecule has 7 heteroatoms. The Hall–Kier alpha value is -1.92. The van der Waals surface area contributed by atoms with Gasteiger partial charge in [-0.05, 0) is 30.5 Å². The fourth-order valence-electron chi connectivity index (χ4n) is 1.83. The lowest BCUT2D eigenvalue weighted by atomic mass is 10.0. The second kappa shape index (κ2) is 6.49. The lowest BCUT2D eigenvalue weighted by Crippen LogP contribution is -2.19. The average Bonchev–Trinajstić information content (AvgIpc) is 2.33. The Morgan fingerprint density at radius 1 is 1.35 bits per heavy atom. The van der Waals surface area contributed by atoms with Crippen LogP contribution in [0.2, 0.25) is 0 Å². The van der Waals surface area contributed by atoms with Crippen LogP contribution in [0.1, 0.15) is 35.7 Å². The number of hydrogen-bond donors (Lipinski definition) is 1. The van der Waals surface area contributed by atoms with Crippen LogP contribution in [0.4, 0.5) is 13.2 Å². The summed E-state index contributed by atoms with van der Waals surface area (Å²) in [6, 6.07) is 2.15. The number of alkyl halides is 3. The third kappa shape index (κ3) is 4.32. The van der Waals surface area contributed by atoms with Crippen molar-refractivity contribution in [2.75, 3.05) is 7.11 Å². The molecule has 1 aromatic rings. The molecule has 2 N–H and O–H groups in total. The van der Waals surface area contributed by atoms with Gasteiger partial charge >= 0.3 is 6.36 Å². The molecule has 0 spiro atoms. The van der Waals surface area contributed by atoms with Crippen molar-refractivity contribution in [3.8, 4) is 11.5 Å². The average molecular weight is 291 g/mol. The lowest BCUT2D eigenvalue weighted by molar-refractivity contribution is -0.274. The molecule has 20 heavy (non-hydrogen) atoms. The molecule has 0 unspecified atom stereocenters. The maximum absolute atomic E-state index is 12.3. The highest BCUT2D eigenvalue weighted by molar-refractivity contribution is 5.96. The van der Waals surface area contributed by atoms with E-state index in [1.165, 1.54) is 13.2 Å². The summed E-state index contributed by atoms with van der Waals surface area (Å²) in [6.45, 7) is 1.94. The SMILES string of the molecule is CCCCc1cc(OC(F)(F)F)cc(C(N)=O)c1OC. The zero-order valence-corrected chi connectivity index (χ0v) is 11.2. The van der Waals surface area contributed by atoms with Crippen molar-refractivity contribution in [2.45, 2.75) is 32.5 Å². The summed E-state index contributed by atoms with van der Waals surface area (Å²) in [6.07, 6.45) is -2.77. The van der Waals surface area contributed by atoms with E-state index in [0.29, 0.717) is 12.0 Å². The molecule has 0 aliphatic carbocycles. The largest absolute Gasteiger partial charge is 0.573 e. The third-order valence-corrected chi connectivity index (χ3v) is 2.64. The first-order valence-electron chi connectivity index (χ1n) is 6.05. The van der Waals surface area contributed by atoms with E-state index in [-0.39, 0.29) is 11.3 Å². The van der Waals surface area contributed by atoms with Gasteiger partial charge in [0.15, 0.2) is 0 Å². The van der Waals surface area contributed by atoms with Crippen molar-refractivity contribution in [3.05, 3.63) is 23.3 Å². The predicted molar refractivity (Wildman–Crippen MR) is 66.8 cm³/mol. The van der Waals surface area contributed by atoms with Gasteiger partial charge in [-0.1, -0.05) is 13.3 Å². The van der Waals surface area contributed by atoms with Crippen molar-refractivity contribution < 1.29 is 27.4 Å².